The van der Waals surface area contributed by atoms with Crippen LogP contribution in [0.1, 0.15) is 21.5 Å². The fraction of sp³-hybridized carbons (Fsp3) is 0.0909. The highest BCUT2D eigenvalue weighted by molar-refractivity contribution is 6.04. The highest BCUT2D eigenvalue weighted by Crippen LogP contribution is 2.24. The van der Waals surface area contributed by atoms with Gasteiger partial charge in [-0.15, -0.1) is 0 Å². The van der Waals surface area contributed by atoms with E-state index in [0.717, 1.165) is 22.5 Å². The van der Waals surface area contributed by atoms with Crippen molar-refractivity contribution in [3.63, 3.8) is 0 Å². The van der Waals surface area contributed by atoms with Crippen molar-refractivity contribution in [2.75, 3.05) is 5.32 Å². The van der Waals surface area contributed by atoms with Crippen molar-refractivity contribution < 1.29 is 9.18 Å². The van der Waals surface area contributed by atoms with Crippen LogP contribution in [0, 0.1) is 19.7 Å². The van der Waals surface area contributed by atoms with Crippen molar-refractivity contribution in [1.29, 1.82) is 0 Å². The lowest BCUT2D eigenvalue weighted by Crippen LogP contribution is -2.12. The average molecular weight is 359 g/mol. The number of nitrogens with one attached hydrogen (secondary N) is 1. The van der Waals surface area contributed by atoms with Crippen molar-refractivity contribution in [3.05, 3.63) is 89.5 Å². The second kappa shape index (κ2) is 6.68. The Balaban J connectivity index is 1.62. The van der Waals surface area contributed by atoms with E-state index < -0.39 is 5.82 Å². The van der Waals surface area contributed by atoms with Crippen molar-refractivity contribution in [2.24, 2.45) is 0 Å². The van der Waals surface area contributed by atoms with Gasteiger partial charge >= 0.3 is 0 Å². The molecule has 4 rings (SSSR count). The third kappa shape index (κ3) is 3.31. The van der Waals surface area contributed by atoms with Gasteiger partial charge in [-0.1, -0.05) is 24.3 Å². The van der Waals surface area contributed by atoms with E-state index in [-0.39, 0.29) is 11.5 Å². The Hall–Kier alpha value is -3.47. The summed E-state index contributed by atoms with van der Waals surface area (Å²) in [5.41, 5.74) is 5.13. The van der Waals surface area contributed by atoms with Crippen LogP contribution < -0.4 is 5.32 Å². The van der Waals surface area contributed by atoms with E-state index in [1.165, 1.54) is 6.07 Å². The van der Waals surface area contributed by atoms with E-state index in [2.05, 4.69) is 10.3 Å². The standard InChI is InChI=1S/C22H18FN3O/c1-14-8-9-17(12-19(14)23)22(27)24-18-7-3-6-16(11-18)20-13-26-10-4-5-15(2)21(26)25-20/h3-13H,1-2H3,(H,24,27). The number of hydrogen-bond acceptors (Lipinski definition) is 2. The molecule has 0 aliphatic heterocycles. The molecule has 4 nitrogen and oxygen atoms in total. The molecule has 0 aliphatic rings. The molecule has 4 aromatic rings. The molecular formula is C22H18FN3O. The lowest BCUT2D eigenvalue weighted by atomic mass is 10.1. The maximum absolute atomic E-state index is 13.7. The third-order valence-corrected chi connectivity index (χ3v) is 4.53. The zero-order valence-corrected chi connectivity index (χ0v) is 15.0. The molecule has 5 heteroatoms. The number of nitrogens with zero attached hydrogens (tertiary/aromatic N) is 2. The van der Waals surface area contributed by atoms with Crippen LogP contribution in [0.5, 0.6) is 0 Å². The molecular weight excluding hydrogens is 341 g/mol. The summed E-state index contributed by atoms with van der Waals surface area (Å²) in [5.74, 6) is -0.742. The molecule has 0 saturated heterocycles. The first kappa shape index (κ1) is 17.0. The molecule has 0 saturated carbocycles. The summed E-state index contributed by atoms with van der Waals surface area (Å²) in [6, 6.07) is 15.9. The minimum absolute atomic E-state index is 0.284. The van der Waals surface area contributed by atoms with Gasteiger partial charge in [0.2, 0.25) is 0 Å². The fourth-order valence-electron chi connectivity index (χ4n) is 2.99. The Labute approximate surface area is 156 Å². The maximum atomic E-state index is 13.7. The van der Waals surface area contributed by atoms with Gasteiger partial charge in [0, 0.05) is 29.2 Å². The SMILES string of the molecule is Cc1ccc(C(=O)Nc2cccc(-c3cn4cccc(C)c4n3)c2)cc1F. The number of amides is 1. The molecule has 1 amide bonds. The smallest absolute Gasteiger partial charge is 0.255 e. The van der Waals surface area contributed by atoms with Crippen molar-refractivity contribution in [3.8, 4) is 11.3 Å². The third-order valence-electron chi connectivity index (χ3n) is 4.53. The van der Waals surface area contributed by atoms with Gasteiger partial charge < -0.3 is 9.72 Å². The number of anilines is 1. The Kier molecular flexibility index (Phi) is 4.20. The van der Waals surface area contributed by atoms with Crippen LogP contribution in [0.3, 0.4) is 0 Å². The highest BCUT2D eigenvalue weighted by atomic mass is 19.1. The predicted octanol–water partition coefficient (Wildman–Crippen LogP) is 5.01. The zero-order chi connectivity index (χ0) is 19.0. The van der Waals surface area contributed by atoms with Crippen LogP contribution >= 0.6 is 0 Å². The van der Waals surface area contributed by atoms with Crippen LogP contribution in [0.2, 0.25) is 0 Å². The second-order valence-corrected chi connectivity index (χ2v) is 6.55. The van der Waals surface area contributed by atoms with Crippen molar-refractivity contribution in [1.82, 2.24) is 9.38 Å². The van der Waals surface area contributed by atoms with E-state index in [9.17, 15) is 9.18 Å². The molecule has 2 heterocycles. The van der Waals surface area contributed by atoms with Gasteiger partial charge in [-0.3, -0.25) is 4.79 Å². The Morgan fingerprint density at radius 2 is 1.89 bits per heavy atom. The zero-order valence-electron chi connectivity index (χ0n) is 15.0. The quantitative estimate of drug-likeness (QED) is 0.559. The molecule has 0 aliphatic carbocycles. The number of benzene rings is 2. The summed E-state index contributed by atoms with van der Waals surface area (Å²) in [5, 5.41) is 2.82. The van der Waals surface area contributed by atoms with E-state index in [1.54, 1.807) is 25.1 Å². The average Bonchev–Trinajstić information content (AvgIpc) is 3.10. The largest absolute Gasteiger partial charge is 0.322 e. The molecule has 0 atom stereocenters. The normalized spacial score (nSPS) is 10.9. The molecule has 0 unspecified atom stereocenters. The van der Waals surface area contributed by atoms with E-state index in [0.29, 0.717) is 11.3 Å². The topological polar surface area (TPSA) is 46.4 Å². The molecule has 2 aromatic heterocycles. The predicted molar refractivity (Wildman–Crippen MR) is 104 cm³/mol. The van der Waals surface area contributed by atoms with Gasteiger partial charge in [0.05, 0.1) is 5.69 Å². The number of carbonyl (C=O) groups is 1. The summed E-state index contributed by atoms with van der Waals surface area (Å²) >= 11 is 0. The minimum Gasteiger partial charge on any atom is -0.322 e. The molecule has 27 heavy (non-hydrogen) atoms. The minimum atomic E-state index is -0.392. The number of pyridine rings is 1. The Bertz CT molecular complexity index is 1160. The number of halogens is 1. The summed E-state index contributed by atoms with van der Waals surface area (Å²) in [6.45, 7) is 3.68. The molecule has 0 radical (unpaired) electrons. The van der Waals surface area contributed by atoms with E-state index >= 15 is 0 Å². The van der Waals surface area contributed by atoms with Gasteiger partial charge in [0.1, 0.15) is 11.5 Å². The Morgan fingerprint density at radius 3 is 2.67 bits per heavy atom. The summed E-state index contributed by atoms with van der Waals surface area (Å²) in [6.07, 6.45) is 3.91. The molecule has 0 spiro atoms. The van der Waals surface area contributed by atoms with Crippen molar-refractivity contribution in [2.45, 2.75) is 13.8 Å². The number of aryl methyl sites for hydroxylation is 2. The number of hydrogen-bond donors (Lipinski definition) is 1. The fourth-order valence-corrected chi connectivity index (χ4v) is 2.99. The maximum Gasteiger partial charge on any atom is 0.255 e. The molecule has 0 bridgehead atoms. The van der Waals surface area contributed by atoms with Crippen LogP contribution in [-0.2, 0) is 0 Å². The number of carbonyl (C=O) groups excluding carboxylic acids is 1. The monoisotopic (exact) mass is 359 g/mol. The summed E-state index contributed by atoms with van der Waals surface area (Å²) in [7, 11) is 0. The van der Waals surface area contributed by atoms with E-state index in [1.807, 2.05) is 54.0 Å². The van der Waals surface area contributed by atoms with Crippen LogP contribution in [0.25, 0.3) is 16.9 Å². The molecule has 134 valence electrons. The Morgan fingerprint density at radius 1 is 1.04 bits per heavy atom. The molecule has 1 N–H and O–H groups in total. The lowest BCUT2D eigenvalue weighted by Gasteiger charge is -2.07. The number of fused-ring (bicyclic) bond motifs is 1. The van der Waals surface area contributed by atoms with Crippen LogP contribution in [0.15, 0.2) is 67.0 Å². The lowest BCUT2D eigenvalue weighted by molar-refractivity contribution is 0.102. The van der Waals surface area contributed by atoms with Gasteiger partial charge in [-0.2, -0.15) is 0 Å². The first-order valence-corrected chi connectivity index (χ1v) is 8.63. The van der Waals surface area contributed by atoms with E-state index in [4.69, 9.17) is 0 Å². The summed E-state index contributed by atoms with van der Waals surface area (Å²) in [4.78, 5) is 17.1. The summed E-state index contributed by atoms with van der Waals surface area (Å²) < 4.78 is 15.7. The van der Waals surface area contributed by atoms with Gasteiger partial charge in [-0.05, 0) is 55.3 Å². The van der Waals surface area contributed by atoms with Gasteiger partial charge in [0.25, 0.3) is 5.91 Å². The second-order valence-electron chi connectivity index (χ2n) is 6.55. The molecule has 0 fully saturated rings. The first-order chi connectivity index (χ1) is 13.0. The number of imidazole rings is 1. The number of rotatable bonds is 3. The van der Waals surface area contributed by atoms with Crippen LogP contribution in [0.4, 0.5) is 10.1 Å². The van der Waals surface area contributed by atoms with Crippen molar-refractivity contribution >= 4 is 17.2 Å². The number of aromatic nitrogens is 2. The van der Waals surface area contributed by atoms with Crippen LogP contribution in [-0.4, -0.2) is 15.3 Å². The first-order valence-electron chi connectivity index (χ1n) is 8.63. The van der Waals surface area contributed by atoms with Gasteiger partial charge in [-0.25, -0.2) is 9.37 Å². The van der Waals surface area contributed by atoms with Gasteiger partial charge in [0.15, 0.2) is 0 Å². The molecule has 2 aromatic carbocycles. The highest BCUT2D eigenvalue weighted by Gasteiger charge is 2.10.